The molecule has 9 heteroatoms. The molecule has 0 saturated carbocycles. The van der Waals surface area contributed by atoms with E-state index in [1.54, 1.807) is 7.11 Å². The molecule has 2 aromatic rings. The van der Waals surface area contributed by atoms with Gasteiger partial charge in [-0.05, 0) is 30.7 Å². The lowest BCUT2D eigenvalue weighted by molar-refractivity contribution is -0.133. The molecular formula is C20H23N5O4. The summed E-state index contributed by atoms with van der Waals surface area (Å²) in [5.41, 5.74) is 0.840. The SMILES string of the molecule is COc1ccc(-c2nc(NC3CCC(=O)NC3=O)cc(N3CCOCC3)n2)cc1. The number of carbonyl (C=O) groups is 2. The van der Waals surface area contributed by atoms with Crippen molar-refractivity contribution in [1.82, 2.24) is 15.3 Å². The van der Waals surface area contributed by atoms with Crippen molar-refractivity contribution in [3.8, 4) is 17.1 Å². The van der Waals surface area contributed by atoms with E-state index < -0.39 is 6.04 Å². The fourth-order valence-corrected chi connectivity index (χ4v) is 3.34. The van der Waals surface area contributed by atoms with Crippen LogP contribution >= 0.6 is 0 Å². The van der Waals surface area contributed by atoms with Crippen LogP contribution in [0.4, 0.5) is 11.6 Å². The third-order valence-electron chi connectivity index (χ3n) is 4.96. The Balaban J connectivity index is 1.65. The van der Waals surface area contributed by atoms with Crippen LogP contribution in [0, 0.1) is 0 Å². The van der Waals surface area contributed by atoms with E-state index in [2.05, 4.69) is 20.5 Å². The molecule has 1 unspecified atom stereocenters. The first-order valence-electron chi connectivity index (χ1n) is 9.59. The van der Waals surface area contributed by atoms with Crippen LogP contribution in [0.25, 0.3) is 11.4 Å². The molecule has 1 aromatic heterocycles. The second kappa shape index (κ2) is 8.44. The minimum atomic E-state index is -0.510. The molecule has 0 spiro atoms. The second-order valence-electron chi connectivity index (χ2n) is 6.91. The van der Waals surface area contributed by atoms with E-state index in [-0.39, 0.29) is 11.8 Å². The van der Waals surface area contributed by atoms with Gasteiger partial charge in [0.05, 0.1) is 20.3 Å². The Hall–Kier alpha value is -3.20. The highest BCUT2D eigenvalue weighted by Crippen LogP contribution is 2.25. The average molecular weight is 397 g/mol. The fourth-order valence-electron chi connectivity index (χ4n) is 3.34. The molecule has 1 atom stereocenters. The number of anilines is 2. The maximum Gasteiger partial charge on any atom is 0.249 e. The number of piperidine rings is 1. The predicted molar refractivity (Wildman–Crippen MR) is 107 cm³/mol. The highest BCUT2D eigenvalue weighted by Gasteiger charge is 2.27. The van der Waals surface area contributed by atoms with Crippen molar-refractivity contribution in [2.45, 2.75) is 18.9 Å². The molecule has 2 aliphatic rings. The van der Waals surface area contributed by atoms with Gasteiger partial charge in [0, 0.05) is 31.1 Å². The minimum absolute atomic E-state index is 0.247. The first-order chi connectivity index (χ1) is 14.1. The molecule has 2 saturated heterocycles. The van der Waals surface area contributed by atoms with Crippen LogP contribution in [-0.2, 0) is 14.3 Å². The van der Waals surface area contributed by atoms with E-state index in [0.29, 0.717) is 37.7 Å². The van der Waals surface area contributed by atoms with Gasteiger partial charge >= 0.3 is 0 Å². The van der Waals surface area contributed by atoms with Gasteiger partial charge in [0.15, 0.2) is 5.82 Å². The van der Waals surface area contributed by atoms with Gasteiger partial charge in [0.2, 0.25) is 11.8 Å². The number of amides is 2. The Kier molecular flexibility index (Phi) is 5.57. The number of hydrogen-bond donors (Lipinski definition) is 2. The van der Waals surface area contributed by atoms with E-state index in [9.17, 15) is 9.59 Å². The lowest BCUT2D eigenvalue weighted by atomic mass is 10.1. The molecule has 152 valence electrons. The standard InChI is InChI=1S/C20H23N5O4/c1-28-14-4-2-13(3-5-14)19-22-16(21-15-6-7-18(26)24-20(15)27)12-17(23-19)25-8-10-29-11-9-25/h2-5,12,15H,6-11H2,1H3,(H,21,22,23)(H,24,26,27). The van der Waals surface area contributed by atoms with E-state index >= 15 is 0 Å². The smallest absolute Gasteiger partial charge is 0.249 e. The monoisotopic (exact) mass is 397 g/mol. The zero-order valence-corrected chi connectivity index (χ0v) is 16.2. The molecular weight excluding hydrogens is 374 g/mol. The van der Waals surface area contributed by atoms with E-state index in [1.807, 2.05) is 30.3 Å². The Morgan fingerprint density at radius 3 is 2.62 bits per heavy atom. The number of morpholine rings is 1. The Bertz CT molecular complexity index is 896. The fraction of sp³-hybridized carbons (Fsp3) is 0.400. The highest BCUT2D eigenvalue weighted by atomic mass is 16.5. The van der Waals surface area contributed by atoms with Crippen LogP contribution in [0.15, 0.2) is 30.3 Å². The molecule has 2 fully saturated rings. The van der Waals surface area contributed by atoms with Crippen LogP contribution < -0.4 is 20.3 Å². The summed E-state index contributed by atoms with van der Waals surface area (Å²) in [6, 6.07) is 8.83. The molecule has 1 aromatic carbocycles. The number of benzene rings is 1. The van der Waals surface area contributed by atoms with Gasteiger partial charge in [0.1, 0.15) is 23.4 Å². The summed E-state index contributed by atoms with van der Waals surface area (Å²) in [6.45, 7) is 2.74. The van der Waals surface area contributed by atoms with Gasteiger partial charge in [-0.2, -0.15) is 0 Å². The Morgan fingerprint density at radius 1 is 1.17 bits per heavy atom. The van der Waals surface area contributed by atoms with Crippen LogP contribution in [0.2, 0.25) is 0 Å². The zero-order chi connectivity index (χ0) is 20.2. The summed E-state index contributed by atoms with van der Waals surface area (Å²) in [5, 5.41) is 5.53. The summed E-state index contributed by atoms with van der Waals surface area (Å²) in [7, 11) is 1.62. The van der Waals surface area contributed by atoms with E-state index in [1.165, 1.54) is 0 Å². The van der Waals surface area contributed by atoms with Gasteiger partial charge < -0.3 is 19.7 Å². The summed E-state index contributed by atoms with van der Waals surface area (Å²) in [5.74, 6) is 2.03. The second-order valence-corrected chi connectivity index (χ2v) is 6.91. The summed E-state index contributed by atoms with van der Waals surface area (Å²) < 4.78 is 10.7. The Morgan fingerprint density at radius 2 is 1.93 bits per heavy atom. The summed E-state index contributed by atoms with van der Waals surface area (Å²) in [4.78, 5) is 35.0. The molecule has 0 aliphatic carbocycles. The number of carbonyl (C=O) groups excluding carboxylic acids is 2. The predicted octanol–water partition coefficient (Wildman–Crippen LogP) is 1.21. The number of nitrogens with zero attached hydrogens (tertiary/aromatic N) is 3. The largest absolute Gasteiger partial charge is 0.497 e. The third kappa shape index (κ3) is 4.45. The van der Waals surface area contributed by atoms with Crippen molar-refractivity contribution in [2.24, 2.45) is 0 Å². The number of ether oxygens (including phenoxy) is 2. The quantitative estimate of drug-likeness (QED) is 0.726. The molecule has 2 aliphatic heterocycles. The minimum Gasteiger partial charge on any atom is -0.497 e. The van der Waals surface area contributed by atoms with Crippen LogP contribution in [0.3, 0.4) is 0 Å². The normalized spacial score (nSPS) is 19.6. The van der Waals surface area contributed by atoms with Crippen LogP contribution in [-0.4, -0.2) is 61.2 Å². The lowest BCUT2D eigenvalue weighted by Crippen LogP contribution is -2.47. The number of methoxy groups -OCH3 is 1. The number of imide groups is 1. The Labute approximate surface area is 168 Å². The van der Waals surface area contributed by atoms with E-state index in [0.717, 1.165) is 30.2 Å². The van der Waals surface area contributed by atoms with E-state index in [4.69, 9.17) is 14.5 Å². The number of nitrogens with one attached hydrogen (secondary N) is 2. The van der Waals surface area contributed by atoms with Crippen molar-refractivity contribution < 1.29 is 19.1 Å². The molecule has 3 heterocycles. The molecule has 29 heavy (non-hydrogen) atoms. The number of aromatic nitrogens is 2. The molecule has 0 bridgehead atoms. The number of hydrogen-bond acceptors (Lipinski definition) is 8. The van der Waals surface area contributed by atoms with Gasteiger partial charge in [-0.3, -0.25) is 14.9 Å². The van der Waals surface area contributed by atoms with Crippen molar-refractivity contribution in [3.63, 3.8) is 0 Å². The molecule has 2 amide bonds. The van der Waals surface area contributed by atoms with Crippen LogP contribution in [0.1, 0.15) is 12.8 Å². The molecule has 4 rings (SSSR count). The van der Waals surface area contributed by atoms with Gasteiger partial charge in [-0.15, -0.1) is 0 Å². The summed E-state index contributed by atoms with van der Waals surface area (Å²) >= 11 is 0. The highest BCUT2D eigenvalue weighted by molar-refractivity contribution is 6.01. The van der Waals surface area contributed by atoms with Crippen molar-refractivity contribution in [1.29, 1.82) is 0 Å². The maximum absolute atomic E-state index is 12.1. The first kappa shape index (κ1) is 19.1. The third-order valence-corrected chi connectivity index (χ3v) is 4.96. The van der Waals surface area contributed by atoms with Crippen molar-refractivity contribution >= 4 is 23.5 Å². The zero-order valence-electron chi connectivity index (χ0n) is 16.2. The van der Waals surface area contributed by atoms with Gasteiger partial charge in [-0.1, -0.05) is 0 Å². The average Bonchev–Trinajstić information content (AvgIpc) is 2.76. The number of rotatable bonds is 5. The summed E-state index contributed by atoms with van der Waals surface area (Å²) in [6.07, 6.45) is 0.732. The molecule has 0 radical (unpaired) electrons. The lowest BCUT2D eigenvalue weighted by Gasteiger charge is -2.29. The maximum atomic E-state index is 12.1. The topological polar surface area (TPSA) is 106 Å². The first-order valence-corrected chi connectivity index (χ1v) is 9.59. The molecule has 9 nitrogen and oxygen atoms in total. The van der Waals surface area contributed by atoms with Gasteiger partial charge in [-0.25, -0.2) is 9.97 Å². The van der Waals surface area contributed by atoms with Gasteiger partial charge in [0.25, 0.3) is 0 Å². The van der Waals surface area contributed by atoms with Crippen LogP contribution in [0.5, 0.6) is 5.75 Å². The van der Waals surface area contributed by atoms with Crippen molar-refractivity contribution in [2.75, 3.05) is 43.6 Å². The van der Waals surface area contributed by atoms with Crippen molar-refractivity contribution in [3.05, 3.63) is 30.3 Å². The molecule has 2 N–H and O–H groups in total.